The molecule has 2 aliphatic heterocycles. The molecule has 4 rings (SSSR count). The van der Waals surface area contributed by atoms with Crippen LogP contribution in [0.3, 0.4) is 0 Å². The van der Waals surface area contributed by atoms with E-state index in [2.05, 4.69) is 4.90 Å². The first-order chi connectivity index (χ1) is 14.2. The van der Waals surface area contributed by atoms with Crippen molar-refractivity contribution >= 4 is 37.1 Å². The monoisotopic (exact) mass is 473 g/mol. The van der Waals surface area contributed by atoms with Crippen molar-refractivity contribution in [2.24, 2.45) is 5.14 Å². The number of sulfonamides is 2. The third kappa shape index (κ3) is 4.07. The zero-order chi connectivity index (χ0) is 21.5. The summed E-state index contributed by atoms with van der Waals surface area (Å²) in [6.45, 7) is 3.11. The van der Waals surface area contributed by atoms with E-state index in [1.54, 1.807) is 24.3 Å². The van der Waals surface area contributed by atoms with Gasteiger partial charge in [-0.15, -0.1) is 11.3 Å². The first-order valence-electron chi connectivity index (χ1n) is 9.34. The summed E-state index contributed by atoms with van der Waals surface area (Å²) >= 11 is 0.698. The Morgan fingerprint density at radius 1 is 1.27 bits per heavy atom. The number of thiophene rings is 1. The van der Waals surface area contributed by atoms with E-state index in [1.807, 2.05) is 0 Å². The summed E-state index contributed by atoms with van der Waals surface area (Å²) in [6.07, 6.45) is 0.384. The standard InChI is InChI=1S/C18H23N3O6S3/c1-26-16-4-2-3-14(11-16)21-15(12-20-5-7-27-8-6-20)9-13-10-17(29(19,22)23)28-18(13)30(21,24)25/h2-4,10-11,15H,5-9,12H2,1H3,(H2,19,22,23). The molecule has 12 heteroatoms. The van der Waals surface area contributed by atoms with Crippen molar-refractivity contribution in [1.82, 2.24) is 4.90 Å². The van der Waals surface area contributed by atoms with Crippen LogP contribution in [-0.4, -0.2) is 67.7 Å². The molecule has 30 heavy (non-hydrogen) atoms. The van der Waals surface area contributed by atoms with E-state index in [-0.39, 0.29) is 8.42 Å². The molecule has 0 aliphatic carbocycles. The smallest absolute Gasteiger partial charge is 0.274 e. The Kier molecular flexibility index (Phi) is 5.81. The highest BCUT2D eigenvalue weighted by Crippen LogP contribution is 2.41. The Morgan fingerprint density at radius 3 is 2.67 bits per heavy atom. The summed E-state index contributed by atoms with van der Waals surface area (Å²) < 4.78 is 62.8. The van der Waals surface area contributed by atoms with E-state index < -0.39 is 26.1 Å². The molecule has 1 atom stereocenters. The molecular formula is C18H23N3O6S3. The van der Waals surface area contributed by atoms with Gasteiger partial charge in [0.2, 0.25) is 10.0 Å². The maximum atomic E-state index is 13.6. The predicted molar refractivity (Wildman–Crippen MR) is 113 cm³/mol. The molecule has 1 aromatic heterocycles. The number of hydrogen-bond donors (Lipinski definition) is 1. The van der Waals surface area contributed by atoms with Gasteiger partial charge in [0.15, 0.2) is 0 Å². The molecule has 2 aromatic rings. The lowest BCUT2D eigenvalue weighted by Crippen LogP contribution is -2.52. The minimum Gasteiger partial charge on any atom is -0.497 e. The number of fused-ring (bicyclic) bond motifs is 1. The van der Waals surface area contributed by atoms with Crippen LogP contribution in [0.5, 0.6) is 5.75 Å². The molecule has 1 unspecified atom stereocenters. The zero-order valence-electron chi connectivity index (χ0n) is 16.4. The van der Waals surface area contributed by atoms with Gasteiger partial charge in [-0.3, -0.25) is 9.21 Å². The van der Waals surface area contributed by atoms with Gasteiger partial charge in [0.05, 0.1) is 32.1 Å². The van der Waals surface area contributed by atoms with Crippen LogP contribution in [0, 0.1) is 0 Å². The van der Waals surface area contributed by atoms with Gasteiger partial charge in [-0.05, 0) is 30.2 Å². The van der Waals surface area contributed by atoms with E-state index in [0.717, 1.165) is 0 Å². The van der Waals surface area contributed by atoms with E-state index in [1.165, 1.54) is 17.5 Å². The Morgan fingerprint density at radius 2 is 2.00 bits per heavy atom. The molecule has 3 heterocycles. The van der Waals surface area contributed by atoms with Crippen molar-refractivity contribution in [3.63, 3.8) is 0 Å². The van der Waals surface area contributed by atoms with Gasteiger partial charge in [-0.25, -0.2) is 22.0 Å². The fraction of sp³-hybridized carbons (Fsp3) is 0.444. The minimum atomic E-state index is -4.00. The molecule has 2 N–H and O–H groups in total. The summed E-state index contributed by atoms with van der Waals surface area (Å²) in [7, 11) is -6.46. The lowest BCUT2D eigenvalue weighted by Gasteiger charge is -2.39. The molecule has 9 nitrogen and oxygen atoms in total. The third-order valence-electron chi connectivity index (χ3n) is 5.19. The van der Waals surface area contributed by atoms with Crippen molar-refractivity contribution in [2.45, 2.75) is 20.9 Å². The van der Waals surface area contributed by atoms with Gasteiger partial charge < -0.3 is 9.47 Å². The van der Waals surface area contributed by atoms with Crippen molar-refractivity contribution < 1.29 is 26.3 Å². The summed E-state index contributed by atoms with van der Waals surface area (Å²) in [5.74, 6) is 0.537. The normalized spacial score (nSPS) is 21.9. The second kappa shape index (κ2) is 8.09. The molecule has 1 fully saturated rings. The number of morpholine rings is 1. The van der Waals surface area contributed by atoms with Crippen LogP contribution in [0.4, 0.5) is 5.69 Å². The van der Waals surface area contributed by atoms with Crippen molar-refractivity contribution in [2.75, 3.05) is 44.3 Å². The van der Waals surface area contributed by atoms with E-state index in [0.29, 0.717) is 67.6 Å². The van der Waals surface area contributed by atoms with Crippen molar-refractivity contribution in [1.29, 1.82) is 0 Å². The quantitative estimate of drug-likeness (QED) is 0.684. The van der Waals surface area contributed by atoms with Gasteiger partial charge in [0, 0.05) is 25.7 Å². The Hall–Kier alpha value is -1.70. The van der Waals surface area contributed by atoms with Crippen LogP contribution in [0.25, 0.3) is 0 Å². The molecule has 164 valence electrons. The van der Waals surface area contributed by atoms with Crippen LogP contribution in [-0.2, 0) is 31.2 Å². The second-order valence-corrected chi connectivity index (χ2v) is 12.0. The van der Waals surface area contributed by atoms with Gasteiger partial charge in [0.25, 0.3) is 10.0 Å². The van der Waals surface area contributed by atoms with Crippen molar-refractivity contribution in [3.05, 3.63) is 35.9 Å². The van der Waals surface area contributed by atoms with Crippen LogP contribution in [0.15, 0.2) is 38.8 Å². The van der Waals surface area contributed by atoms with Gasteiger partial charge in [0.1, 0.15) is 14.2 Å². The first-order valence-corrected chi connectivity index (χ1v) is 13.1. The number of nitrogens with two attached hydrogens (primary N) is 1. The lowest BCUT2D eigenvalue weighted by atomic mass is 10.1. The summed E-state index contributed by atoms with van der Waals surface area (Å²) in [5, 5.41) is 5.26. The van der Waals surface area contributed by atoms with Gasteiger partial charge in [-0.1, -0.05) is 6.07 Å². The second-order valence-electron chi connectivity index (χ2n) is 7.20. The maximum absolute atomic E-state index is 13.6. The number of primary sulfonamides is 1. The molecule has 2 aliphatic rings. The van der Waals surface area contributed by atoms with Crippen molar-refractivity contribution in [3.8, 4) is 5.75 Å². The number of rotatable bonds is 5. The number of anilines is 1. The predicted octanol–water partition coefficient (Wildman–Crippen LogP) is 0.856. The van der Waals surface area contributed by atoms with E-state index in [4.69, 9.17) is 14.6 Å². The van der Waals surface area contributed by atoms with Gasteiger partial charge in [-0.2, -0.15) is 0 Å². The largest absolute Gasteiger partial charge is 0.497 e. The Labute approximate surface area is 180 Å². The molecule has 1 saturated heterocycles. The fourth-order valence-corrected chi connectivity index (χ4v) is 8.17. The SMILES string of the molecule is COc1cccc(N2C(CN3CCOCC3)Cc3cc(S(N)(=O)=O)sc3S2(=O)=O)c1. The highest BCUT2D eigenvalue weighted by molar-refractivity contribution is 7.96. The molecule has 0 amide bonds. The highest BCUT2D eigenvalue weighted by Gasteiger charge is 2.42. The number of methoxy groups -OCH3 is 1. The first kappa shape index (κ1) is 21.5. The number of nitrogens with zero attached hydrogens (tertiary/aromatic N) is 2. The van der Waals surface area contributed by atoms with Gasteiger partial charge >= 0.3 is 0 Å². The average molecular weight is 474 g/mol. The maximum Gasteiger partial charge on any atom is 0.274 e. The number of hydrogen-bond acceptors (Lipinski definition) is 8. The summed E-state index contributed by atoms with van der Waals surface area (Å²) in [6, 6.07) is 7.84. The molecule has 0 saturated carbocycles. The van der Waals surface area contributed by atoms with Crippen LogP contribution >= 0.6 is 11.3 Å². The van der Waals surface area contributed by atoms with Crippen LogP contribution in [0.2, 0.25) is 0 Å². The molecular weight excluding hydrogens is 450 g/mol. The Bertz CT molecular complexity index is 1140. The van der Waals surface area contributed by atoms with E-state index >= 15 is 0 Å². The molecule has 1 aromatic carbocycles. The number of ether oxygens (including phenoxy) is 2. The summed E-state index contributed by atoms with van der Waals surface area (Å²) in [4.78, 5) is 2.16. The lowest BCUT2D eigenvalue weighted by molar-refractivity contribution is 0.0354. The minimum absolute atomic E-state index is 0.0209. The Balaban J connectivity index is 1.81. The molecule has 0 radical (unpaired) electrons. The van der Waals surface area contributed by atoms with E-state index in [9.17, 15) is 16.8 Å². The summed E-state index contributed by atoms with van der Waals surface area (Å²) in [5.41, 5.74) is 0.963. The average Bonchev–Trinajstić information content (AvgIpc) is 3.14. The highest BCUT2D eigenvalue weighted by atomic mass is 32.3. The molecule has 0 bridgehead atoms. The number of benzene rings is 1. The van der Waals surface area contributed by atoms with Crippen LogP contribution in [0.1, 0.15) is 5.56 Å². The molecule has 0 spiro atoms. The third-order valence-corrected chi connectivity index (χ3v) is 10.2. The zero-order valence-corrected chi connectivity index (χ0v) is 18.8. The van der Waals surface area contributed by atoms with Crippen LogP contribution < -0.4 is 14.2 Å². The fourth-order valence-electron chi connectivity index (χ4n) is 3.83. The topological polar surface area (TPSA) is 119 Å².